The van der Waals surface area contributed by atoms with Crippen molar-refractivity contribution in [2.75, 3.05) is 13.1 Å². The molecule has 0 fully saturated rings. The Morgan fingerprint density at radius 3 is 1.92 bits per heavy atom. The Labute approximate surface area is 293 Å². The first-order valence-electron chi connectivity index (χ1n) is 16.6. The van der Waals surface area contributed by atoms with Crippen molar-refractivity contribution in [3.05, 3.63) is 153 Å². The minimum atomic E-state index is -0.316. The summed E-state index contributed by atoms with van der Waals surface area (Å²) in [6.07, 6.45) is 5.09. The van der Waals surface area contributed by atoms with Gasteiger partial charge in [-0.15, -0.1) is 11.3 Å². The molecule has 3 N–H and O–H groups in total. The molecule has 0 aliphatic heterocycles. The molecular formula is C40H37F2N5O2S. The lowest BCUT2D eigenvalue weighted by Gasteiger charge is -2.08. The Balaban J connectivity index is 0.933. The molecule has 6 aromatic rings. The zero-order chi connectivity index (χ0) is 34.9. The smallest absolute Gasteiger partial charge is 0.269 e. The van der Waals surface area contributed by atoms with E-state index in [-0.39, 0.29) is 23.4 Å². The third-order valence-electron chi connectivity index (χ3n) is 8.38. The summed E-state index contributed by atoms with van der Waals surface area (Å²) >= 11 is 1.30. The summed E-state index contributed by atoms with van der Waals surface area (Å²) in [5, 5.41) is 13.3. The average molecular weight is 690 g/mol. The van der Waals surface area contributed by atoms with Crippen molar-refractivity contribution in [3.63, 3.8) is 0 Å². The first kappa shape index (κ1) is 34.4. The predicted molar refractivity (Wildman–Crippen MR) is 193 cm³/mol. The highest BCUT2D eigenvalue weighted by Gasteiger charge is 2.13. The fraction of sp³-hybridized carbons (Fsp3) is 0.200. The maximum Gasteiger partial charge on any atom is 0.269 e. The number of carbonyl (C=O) groups is 2. The molecular weight excluding hydrogens is 653 g/mol. The zero-order valence-electron chi connectivity index (χ0n) is 27.6. The number of hydrogen-bond acceptors (Lipinski definition) is 5. The van der Waals surface area contributed by atoms with Gasteiger partial charge in [-0.1, -0.05) is 78.9 Å². The Bertz CT molecular complexity index is 2070. The second-order valence-electron chi connectivity index (χ2n) is 12.1. The van der Waals surface area contributed by atoms with Crippen LogP contribution in [0.2, 0.25) is 0 Å². The van der Waals surface area contributed by atoms with Crippen molar-refractivity contribution in [1.29, 1.82) is 0 Å². The van der Waals surface area contributed by atoms with E-state index in [4.69, 9.17) is 0 Å². The van der Waals surface area contributed by atoms with Gasteiger partial charge < -0.3 is 10.6 Å². The Morgan fingerprint density at radius 1 is 0.720 bits per heavy atom. The maximum absolute atomic E-state index is 15.2. The normalized spacial score (nSPS) is 11.0. The van der Waals surface area contributed by atoms with E-state index >= 15 is 4.39 Å². The van der Waals surface area contributed by atoms with Crippen LogP contribution in [-0.4, -0.2) is 40.1 Å². The number of hydrogen-bond donors (Lipinski definition) is 3. The molecule has 7 nitrogen and oxygen atoms in total. The summed E-state index contributed by atoms with van der Waals surface area (Å²) < 4.78 is 29.3. The van der Waals surface area contributed by atoms with Crippen LogP contribution in [0.25, 0.3) is 22.3 Å². The van der Waals surface area contributed by atoms with Crippen LogP contribution < -0.4 is 10.6 Å². The number of carbonyl (C=O) groups excluding carboxylic acids is 2. The first-order valence-corrected chi connectivity index (χ1v) is 17.4. The molecule has 0 aliphatic rings. The summed E-state index contributed by atoms with van der Waals surface area (Å²) in [7, 11) is 0. The van der Waals surface area contributed by atoms with Crippen LogP contribution in [0.3, 0.4) is 0 Å². The number of benzene rings is 4. The van der Waals surface area contributed by atoms with Crippen molar-refractivity contribution >= 4 is 23.2 Å². The number of H-pyrrole nitrogens is 1. The fourth-order valence-corrected chi connectivity index (χ4v) is 6.55. The molecule has 2 heterocycles. The van der Waals surface area contributed by atoms with Gasteiger partial charge in [0.2, 0.25) is 0 Å². The standard InChI is InChI=1S/C40H37F2N5O2S/c1-26-22-36(47-46-26)39(48)43-20-4-6-27-12-17-31(18-13-27)33-19-14-29(23-35(33)42)24-38-45-25-37(50-38)40(49)44-21-5-7-28-10-15-30(16-11-28)32-8-2-3-9-34(32)41/h2-3,8-19,22-23,25H,4-7,20-21,24H2,1H3,(H,43,48)(H,44,49)(H,46,47). The van der Waals surface area contributed by atoms with Crippen LogP contribution in [-0.2, 0) is 19.3 Å². The number of aromatic nitrogens is 3. The van der Waals surface area contributed by atoms with Gasteiger partial charge in [0.05, 0.1) is 16.9 Å². The van der Waals surface area contributed by atoms with E-state index < -0.39 is 0 Å². The lowest BCUT2D eigenvalue weighted by atomic mass is 10.00. The van der Waals surface area contributed by atoms with Crippen molar-refractivity contribution in [2.24, 2.45) is 0 Å². The van der Waals surface area contributed by atoms with E-state index in [9.17, 15) is 14.0 Å². The van der Waals surface area contributed by atoms with Crippen molar-refractivity contribution in [1.82, 2.24) is 25.8 Å². The molecule has 0 radical (unpaired) electrons. The molecule has 0 spiro atoms. The van der Waals surface area contributed by atoms with Crippen molar-refractivity contribution in [2.45, 2.75) is 39.0 Å². The summed E-state index contributed by atoms with van der Waals surface area (Å²) in [6.45, 7) is 2.87. The predicted octanol–water partition coefficient (Wildman–Crippen LogP) is 8.10. The Kier molecular flexibility index (Phi) is 11.2. The summed E-state index contributed by atoms with van der Waals surface area (Å²) in [5.74, 6) is -0.912. The Hall–Kier alpha value is -5.48. The number of halogens is 2. The van der Waals surface area contributed by atoms with Crippen molar-refractivity contribution < 1.29 is 18.4 Å². The summed E-state index contributed by atoms with van der Waals surface area (Å²) in [5.41, 5.74) is 6.93. The summed E-state index contributed by atoms with van der Waals surface area (Å²) in [4.78, 5) is 29.8. The molecule has 0 aliphatic carbocycles. The maximum atomic E-state index is 15.2. The second kappa shape index (κ2) is 16.3. The number of thiazole rings is 1. The van der Waals surface area contributed by atoms with Gasteiger partial charge in [-0.3, -0.25) is 14.7 Å². The highest BCUT2D eigenvalue weighted by atomic mass is 32.1. The average Bonchev–Trinajstić information content (AvgIpc) is 3.79. The molecule has 6 rings (SSSR count). The van der Waals surface area contributed by atoms with Crippen LogP contribution in [0.1, 0.15) is 60.4 Å². The fourth-order valence-electron chi connectivity index (χ4n) is 5.68. The minimum absolute atomic E-state index is 0.175. The van der Waals surface area contributed by atoms with Gasteiger partial charge in [-0.25, -0.2) is 13.8 Å². The van der Waals surface area contributed by atoms with Crippen LogP contribution in [0.5, 0.6) is 0 Å². The molecule has 0 bridgehead atoms. The van der Waals surface area contributed by atoms with E-state index in [2.05, 4.69) is 25.8 Å². The van der Waals surface area contributed by atoms with Gasteiger partial charge >= 0.3 is 0 Å². The number of rotatable bonds is 14. The Morgan fingerprint density at radius 2 is 1.32 bits per heavy atom. The van der Waals surface area contributed by atoms with Gasteiger partial charge in [0.25, 0.3) is 11.8 Å². The SMILES string of the molecule is Cc1cc(C(=O)NCCCc2ccc(-c3ccc(Cc4ncc(C(=O)NCCCc5ccc(-c6ccccc6F)cc5)s4)cc3F)cc2)[nH]n1. The van der Waals surface area contributed by atoms with Gasteiger partial charge in [-0.2, -0.15) is 5.10 Å². The molecule has 2 aromatic heterocycles. The lowest BCUT2D eigenvalue weighted by Crippen LogP contribution is -2.25. The third kappa shape index (κ3) is 8.95. The van der Waals surface area contributed by atoms with E-state index in [0.29, 0.717) is 41.2 Å². The number of aromatic amines is 1. The number of nitrogens with one attached hydrogen (secondary N) is 3. The molecule has 0 saturated carbocycles. The topological polar surface area (TPSA) is 99.8 Å². The molecule has 10 heteroatoms. The molecule has 0 saturated heterocycles. The van der Waals surface area contributed by atoms with Crippen LogP contribution in [0.4, 0.5) is 8.78 Å². The molecule has 0 unspecified atom stereocenters. The highest BCUT2D eigenvalue weighted by molar-refractivity contribution is 7.13. The van der Waals surface area contributed by atoms with Gasteiger partial charge in [0.1, 0.15) is 22.2 Å². The van der Waals surface area contributed by atoms with Crippen LogP contribution >= 0.6 is 11.3 Å². The number of amides is 2. The molecule has 2 amide bonds. The van der Waals surface area contributed by atoms with Gasteiger partial charge in [-0.05, 0) is 78.6 Å². The largest absolute Gasteiger partial charge is 0.351 e. The van der Waals surface area contributed by atoms with Crippen molar-refractivity contribution in [3.8, 4) is 22.3 Å². The minimum Gasteiger partial charge on any atom is -0.351 e. The third-order valence-corrected chi connectivity index (χ3v) is 9.37. The highest BCUT2D eigenvalue weighted by Crippen LogP contribution is 2.27. The molecule has 0 atom stereocenters. The number of aryl methyl sites for hydroxylation is 3. The summed E-state index contributed by atoms with van der Waals surface area (Å²) in [6, 6.07) is 29.2. The first-order chi connectivity index (χ1) is 24.3. The monoisotopic (exact) mass is 689 g/mol. The molecule has 254 valence electrons. The van der Waals surface area contributed by atoms with Crippen LogP contribution in [0, 0.1) is 18.6 Å². The van der Waals surface area contributed by atoms with Crippen LogP contribution in [0.15, 0.2) is 103 Å². The van der Waals surface area contributed by atoms with E-state index in [1.807, 2.05) is 67.6 Å². The van der Waals surface area contributed by atoms with E-state index in [1.54, 1.807) is 30.5 Å². The van der Waals surface area contributed by atoms with Gasteiger partial charge in [0.15, 0.2) is 0 Å². The van der Waals surface area contributed by atoms with E-state index in [0.717, 1.165) is 64.2 Å². The number of nitrogens with zero attached hydrogens (tertiary/aromatic N) is 2. The molecule has 50 heavy (non-hydrogen) atoms. The van der Waals surface area contributed by atoms with Gasteiger partial charge in [0, 0.05) is 30.6 Å². The lowest BCUT2D eigenvalue weighted by molar-refractivity contribution is 0.0943. The second-order valence-corrected chi connectivity index (χ2v) is 13.2. The molecule has 4 aromatic carbocycles. The zero-order valence-corrected chi connectivity index (χ0v) is 28.5. The quantitative estimate of drug-likeness (QED) is 0.101. The van der Waals surface area contributed by atoms with E-state index in [1.165, 1.54) is 23.5 Å².